The van der Waals surface area contributed by atoms with E-state index in [4.69, 9.17) is 0 Å². The summed E-state index contributed by atoms with van der Waals surface area (Å²) in [6.07, 6.45) is 1.43. The van der Waals surface area contributed by atoms with Crippen LogP contribution in [0.1, 0.15) is 17.7 Å². The molecule has 0 radical (unpaired) electrons. The Morgan fingerprint density at radius 1 is 1.35 bits per heavy atom. The highest BCUT2D eigenvalue weighted by Gasteiger charge is 2.47. The predicted molar refractivity (Wildman–Crippen MR) is 81.5 cm³/mol. The zero-order chi connectivity index (χ0) is 16.4. The topological polar surface area (TPSA) is 98.8 Å². The Labute approximate surface area is 136 Å². The maximum atomic E-state index is 12.1. The maximum absolute atomic E-state index is 12.1. The van der Waals surface area contributed by atoms with Gasteiger partial charge in [0.15, 0.2) is 0 Å². The van der Waals surface area contributed by atoms with Crippen molar-refractivity contribution in [2.75, 3.05) is 13.1 Å². The first kappa shape index (κ1) is 15.5. The first-order chi connectivity index (χ1) is 11.1. The number of nitrogens with one attached hydrogen (secondary N) is 2. The highest BCUT2D eigenvalue weighted by atomic mass is 32.1. The van der Waals surface area contributed by atoms with Crippen LogP contribution in [0.5, 0.6) is 0 Å². The minimum absolute atomic E-state index is 0.314. The number of hydrogen-bond donors (Lipinski definition) is 2. The quantitative estimate of drug-likeness (QED) is 0.782. The van der Waals surface area contributed by atoms with Crippen LogP contribution in [0.15, 0.2) is 17.5 Å². The fourth-order valence-corrected chi connectivity index (χ4v) is 3.41. The summed E-state index contributed by atoms with van der Waals surface area (Å²) in [5.41, 5.74) is 0. The monoisotopic (exact) mass is 336 g/mol. The predicted octanol–water partition coefficient (Wildman–Crippen LogP) is 0.501. The summed E-state index contributed by atoms with van der Waals surface area (Å²) in [4.78, 5) is 51.0. The van der Waals surface area contributed by atoms with Crippen molar-refractivity contribution in [3.63, 3.8) is 0 Å². The van der Waals surface area contributed by atoms with Crippen LogP contribution in [0, 0.1) is 0 Å². The van der Waals surface area contributed by atoms with Crippen molar-refractivity contribution in [1.29, 1.82) is 0 Å². The molecule has 2 aliphatic heterocycles. The molecule has 2 aliphatic rings. The Morgan fingerprint density at radius 3 is 2.87 bits per heavy atom. The number of thiophene rings is 1. The second-order valence-electron chi connectivity index (χ2n) is 5.37. The van der Waals surface area contributed by atoms with Crippen molar-refractivity contribution >= 4 is 35.2 Å². The molecule has 2 fully saturated rings. The van der Waals surface area contributed by atoms with Gasteiger partial charge < -0.3 is 10.2 Å². The van der Waals surface area contributed by atoms with Crippen molar-refractivity contribution < 1.29 is 19.2 Å². The van der Waals surface area contributed by atoms with E-state index in [-0.39, 0.29) is 5.91 Å². The molecule has 2 N–H and O–H groups in total. The van der Waals surface area contributed by atoms with Crippen LogP contribution in [-0.4, -0.2) is 52.8 Å². The zero-order valence-corrected chi connectivity index (χ0v) is 13.1. The largest absolute Gasteiger partial charge is 0.333 e. The third-order valence-corrected chi connectivity index (χ3v) is 4.71. The molecule has 6 amide bonds. The van der Waals surface area contributed by atoms with Gasteiger partial charge in [0.2, 0.25) is 5.91 Å². The van der Waals surface area contributed by atoms with E-state index in [2.05, 4.69) is 10.6 Å². The third-order valence-electron chi connectivity index (χ3n) is 3.84. The SMILES string of the molecule is O=C(CN1C(=O)C2CCCN2C1=O)NC(=O)NCc1cccs1. The van der Waals surface area contributed by atoms with E-state index < -0.39 is 30.6 Å². The molecular weight excluding hydrogens is 320 g/mol. The molecule has 0 bridgehead atoms. The molecule has 3 heterocycles. The van der Waals surface area contributed by atoms with Gasteiger partial charge in [0, 0.05) is 11.4 Å². The lowest BCUT2D eigenvalue weighted by atomic mass is 10.2. The van der Waals surface area contributed by atoms with Crippen molar-refractivity contribution in [3.8, 4) is 0 Å². The Kier molecular flexibility index (Phi) is 4.28. The highest BCUT2D eigenvalue weighted by Crippen LogP contribution is 2.26. The molecule has 1 aromatic heterocycles. The summed E-state index contributed by atoms with van der Waals surface area (Å²) in [7, 11) is 0. The van der Waals surface area contributed by atoms with Crippen LogP contribution < -0.4 is 10.6 Å². The van der Waals surface area contributed by atoms with E-state index in [1.165, 1.54) is 16.2 Å². The zero-order valence-electron chi connectivity index (χ0n) is 12.3. The van der Waals surface area contributed by atoms with Gasteiger partial charge in [-0.05, 0) is 24.3 Å². The van der Waals surface area contributed by atoms with Crippen molar-refractivity contribution in [3.05, 3.63) is 22.4 Å². The summed E-state index contributed by atoms with van der Waals surface area (Å²) in [5.74, 6) is -1.04. The number of fused-ring (bicyclic) bond motifs is 1. The second kappa shape index (κ2) is 6.37. The van der Waals surface area contributed by atoms with Gasteiger partial charge in [0.05, 0.1) is 6.54 Å². The lowest BCUT2D eigenvalue weighted by molar-refractivity contribution is -0.132. The number of imide groups is 2. The average molecular weight is 336 g/mol. The Morgan fingerprint density at radius 2 is 2.17 bits per heavy atom. The van der Waals surface area contributed by atoms with Crippen molar-refractivity contribution in [1.82, 2.24) is 20.4 Å². The van der Waals surface area contributed by atoms with Gasteiger partial charge >= 0.3 is 12.1 Å². The van der Waals surface area contributed by atoms with Gasteiger partial charge in [-0.3, -0.25) is 19.8 Å². The van der Waals surface area contributed by atoms with Crippen LogP contribution in [0.2, 0.25) is 0 Å². The van der Waals surface area contributed by atoms with Gasteiger partial charge in [0.25, 0.3) is 5.91 Å². The Hall–Kier alpha value is -2.42. The molecule has 8 nitrogen and oxygen atoms in total. The fraction of sp³-hybridized carbons (Fsp3) is 0.429. The number of hydrogen-bond acceptors (Lipinski definition) is 5. The van der Waals surface area contributed by atoms with Crippen molar-refractivity contribution in [2.45, 2.75) is 25.4 Å². The summed E-state index contributed by atoms with van der Waals surface area (Å²) in [6.45, 7) is 0.417. The molecule has 0 aliphatic carbocycles. The van der Waals surface area contributed by atoms with Crippen molar-refractivity contribution in [2.24, 2.45) is 0 Å². The first-order valence-electron chi connectivity index (χ1n) is 7.28. The van der Waals surface area contributed by atoms with Crippen LogP contribution in [-0.2, 0) is 16.1 Å². The Balaban J connectivity index is 1.48. The molecule has 23 heavy (non-hydrogen) atoms. The minimum atomic E-state index is -0.684. The third kappa shape index (κ3) is 3.19. The van der Waals surface area contributed by atoms with Crippen LogP contribution in [0.4, 0.5) is 9.59 Å². The van der Waals surface area contributed by atoms with Crippen LogP contribution >= 0.6 is 11.3 Å². The maximum Gasteiger partial charge on any atom is 0.327 e. The number of carbonyl (C=O) groups is 4. The lowest BCUT2D eigenvalue weighted by Gasteiger charge is -2.14. The second-order valence-corrected chi connectivity index (χ2v) is 6.40. The van der Waals surface area contributed by atoms with Crippen LogP contribution in [0.25, 0.3) is 0 Å². The summed E-state index contributed by atoms with van der Waals surface area (Å²) < 4.78 is 0. The summed E-state index contributed by atoms with van der Waals surface area (Å²) in [5, 5.41) is 6.56. The molecule has 122 valence electrons. The number of urea groups is 2. The number of rotatable bonds is 4. The lowest BCUT2D eigenvalue weighted by Crippen LogP contribution is -2.46. The number of amides is 6. The van der Waals surface area contributed by atoms with Gasteiger partial charge in [0.1, 0.15) is 12.6 Å². The van der Waals surface area contributed by atoms with Gasteiger partial charge in [-0.25, -0.2) is 9.59 Å². The molecule has 1 atom stereocenters. The highest BCUT2D eigenvalue weighted by molar-refractivity contribution is 7.09. The minimum Gasteiger partial charge on any atom is -0.333 e. The van der Waals surface area contributed by atoms with E-state index in [1.807, 2.05) is 17.5 Å². The van der Waals surface area contributed by atoms with Gasteiger partial charge in [-0.2, -0.15) is 0 Å². The molecule has 0 spiro atoms. The van der Waals surface area contributed by atoms with Gasteiger partial charge in [-0.15, -0.1) is 11.3 Å². The molecule has 0 saturated carbocycles. The first-order valence-corrected chi connectivity index (χ1v) is 8.16. The van der Waals surface area contributed by atoms with E-state index in [0.717, 1.165) is 16.2 Å². The number of carbonyl (C=O) groups excluding carboxylic acids is 4. The summed E-state index contributed by atoms with van der Waals surface area (Å²) in [6, 6.07) is 2.18. The fourth-order valence-electron chi connectivity index (χ4n) is 2.76. The standard InChI is InChI=1S/C14H16N4O4S/c19-11(16-13(21)15-7-9-3-2-6-23-9)8-18-12(20)10-4-1-5-17(10)14(18)22/h2-3,6,10H,1,4-5,7-8H2,(H2,15,16,19,21). The van der Waals surface area contributed by atoms with E-state index in [9.17, 15) is 19.2 Å². The Bertz CT molecular complexity index is 623. The molecule has 9 heteroatoms. The molecule has 0 aromatic carbocycles. The van der Waals surface area contributed by atoms with Gasteiger partial charge in [-0.1, -0.05) is 6.07 Å². The molecule has 3 rings (SSSR count). The van der Waals surface area contributed by atoms with Crippen LogP contribution in [0.3, 0.4) is 0 Å². The molecule has 2 saturated heterocycles. The normalized spacial score (nSPS) is 19.9. The summed E-state index contributed by atoms with van der Waals surface area (Å²) >= 11 is 1.49. The smallest absolute Gasteiger partial charge is 0.327 e. The number of nitrogens with zero attached hydrogens (tertiary/aromatic N) is 2. The molecule has 1 aromatic rings. The average Bonchev–Trinajstić information content (AvgIpc) is 3.23. The molecule has 1 unspecified atom stereocenters. The van der Waals surface area contributed by atoms with E-state index >= 15 is 0 Å². The van der Waals surface area contributed by atoms with E-state index in [0.29, 0.717) is 19.5 Å². The molecular formula is C14H16N4O4S. The van der Waals surface area contributed by atoms with E-state index in [1.54, 1.807) is 0 Å².